The largest absolute Gasteiger partial charge is 0.493 e. The number of carbonyl (C=O) groups is 1. The van der Waals surface area contributed by atoms with Gasteiger partial charge in [0.15, 0.2) is 11.3 Å². The lowest BCUT2D eigenvalue weighted by molar-refractivity contribution is 0.102. The van der Waals surface area contributed by atoms with Gasteiger partial charge < -0.3 is 14.5 Å². The molecular formula is C23H24N2O6S. The third-order valence-corrected chi connectivity index (χ3v) is 7.68. The van der Waals surface area contributed by atoms with Crippen molar-refractivity contribution in [3.63, 3.8) is 0 Å². The zero-order valence-electron chi connectivity index (χ0n) is 17.8. The van der Waals surface area contributed by atoms with Crippen LogP contribution in [0.15, 0.2) is 62.6 Å². The Morgan fingerprint density at radius 3 is 2.59 bits per heavy atom. The van der Waals surface area contributed by atoms with Crippen molar-refractivity contribution < 1.29 is 22.4 Å². The Kier molecular flexibility index (Phi) is 6.03. The molecule has 2 aromatic carbocycles. The van der Waals surface area contributed by atoms with Crippen LogP contribution in [0.5, 0.6) is 5.75 Å². The Morgan fingerprint density at radius 2 is 1.91 bits per heavy atom. The maximum atomic E-state index is 12.9. The van der Waals surface area contributed by atoms with E-state index in [1.165, 1.54) is 41.7 Å². The van der Waals surface area contributed by atoms with Crippen LogP contribution in [0.25, 0.3) is 11.0 Å². The van der Waals surface area contributed by atoms with Crippen molar-refractivity contribution in [2.75, 3.05) is 19.0 Å². The van der Waals surface area contributed by atoms with Gasteiger partial charge in [0.2, 0.25) is 10.0 Å². The number of nitrogens with one attached hydrogen (secondary N) is 1. The minimum absolute atomic E-state index is 0.0427. The van der Waals surface area contributed by atoms with Crippen molar-refractivity contribution in [1.82, 2.24) is 4.31 Å². The van der Waals surface area contributed by atoms with Crippen LogP contribution in [0, 0.1) is 0 Å². The molecule has 0 bridgehead atoms. The van der Waals surface area contributed by atoms with Gasteiger partial charge in [-0.25, -0.2) is 13.2 Å². The molecule has 1 amide bonds. The van der Waals surface area contributed by atoms with E-state index in [1.807, 2.05) is 6.92 Å². The van der Waals surface area contributed by atoms with Crippen molar-refractivity contribution >= 4 is 32.6 Å². The summed E-state index contributed by atoms with van der Waals surface area (Å²) in [6, 6.07) is 12.4. The normalized spacial score (nSPS) is 17.2. The first-order valence-electron chi connectivity index (χ1n) is 10.4. The molecule has 1 atom stereocenters. The Hall–Kier alpha value is -3.17. The lowest BCUT2D eigenvalue weighted by Gasteiger charge is -2.32. The number of sulfonamides is 1. The number of amides is 1. The lowest BCUT2D eigenvalue weighted by atomic mass is 10.1. The SMILES string of the molecule is COc1cccc2cc(C(=O)Nc3ccc(S(=O)(=O)N4CCCC[C@@H]4C)cc3)c(=O)oc12. The van der Waals surface area contributed by atoms with Gasteiger partial charge in [-0.05, 0) is 56.2 Å². The zero-order valence-corrected chi connectivity index (χ0v) is 18.6. The monoisotopic (exact) mass is 456 g/mol. The molecule has 1 aliphatic rings. The van der Waals surface area contributed by atoms with Crippen LogP contribution in [0.3, 0.4) is 0 Å². The average Bonchev–Trinajstić information content (AvgIpc) is 2.78. The first-order valence-corrected chi connectivity index (χ1v) is 11.8. The second kappa shape index (κ2) is 8.76. The fourth-order valence-electron chi connectivity index (χ4n) is 3.91. The van der Waals surface area contributed by atoms with Crippen LogP contribution in [0.2, 0.25) is 0 Å². The second-order valence-corrected chi connectivity index (χ2v) is 9.66. The molecule has 1 aliphatic heterocycles. The molecule has 168 valence electrons. The zero-order chi connectivity index (χ0) is 22.9. The first kappa shape index (κ1) is 22.0. The molecule has 1 aromatic heterocycles. The van der Waals surface area contributed by atoms with Crippen LogP contribution in [0.4, 0.5) is 5.69 Å². The predicted molar refractivity (Wildman–Crippen MR) is 121 cm³/mol. The second-order valence-electron chi connectivity index (χ2n) is 7.77. The summed E-state index contributed by atoms with van der Waals surface area (Å²) in [5.74, 6) is -0.255. The fourth-order valence-corrected chi connectivity index (χ4v) is 5.61. The number of rotatable bonds is 5. The van der Waals surface area contributed by atoms with Gasteiger partial charge in [0.05, 0.1) is 12.0 Å². The maximum Gasteiger partial charge on any atom is 0.349 e. The van der Waals surface area contributed by atoms with Crippen molar-refractivity contribution in [1.29, 1.82) is 0 Å². The molecule has 1 N–H and O–H groups in total. The molecule has 0 radical (unpaired) electrons. The van der Waals surface area contributed by atoms with E-state index in [9.17, 15) is 18.0 Å². The summed E-state index contributed by atoms with van der Waals surface area (Å²) in [5, 5.41) is 3.17. The Bertz CT molecular complexity index is 1310. The summed E-state index contributed by atoms with van der Waals surface area (Å²) in [5.41, 5.74) is -0.328. The number of hydrogen-bond donors (Lipinski definition) is 1. The summed E-state index contributed by atoms with van der Waals surface area (Å²) in [4.78, 5) is 25.2. The first-order chi connectivity index (χ1) is 15.3. The lowest BCUT2D eigenvalue weighted by Crippen LogP contribution is -2.41. The number of nitrogens with zero attached hydrogens (tertiary/aromatic N) is 1. The molecule has 8 nitrogen and oxygen atoms in total. The van der Waals surface area contributed by atoms with Gasteiger partial charge >= 0.3 is 5.63 Å². The van der Waals surface area contributed by atoms with Gasteiger partial charge in [0.1, 0.15) is 5.56 Å². The topological polar surface area (TPSA) is 106 Å². The number of carbonyl (C=O) groups excluding carboxylic acids is 1. The highest BCUT2D eigenvalue weighted by molar-refractivity contribution is 7.89. The number of benzene rings is 2. The molecule has 4 rings (SSSR count). The molecule has 3 aromatic rings. The van der Waals surface area contributed by atoms with Crippen LogP contribution in [0.1, 0.15) is 36.5 Å². The summed E-state index contributed by atoms with van der Waals surface area (Å²) in [6.07, 6.45) is 2.71. The molecule has 0 spiro atoms. The number of anilines is 1. The van der Waals surface area contributed by atoms with Gasteiger partial charge in [-0.2, -0.15) is 4.31 Å². The van der Waals surface area contributed by atoms with Gasteiger partial charge in [-0.1, -0.05) is 18.6 Å². The average molecular weight is 457 g/mol. The highest BCUT2D eigenvalue weighted by Gasteiger charge is 2.30. The quantitative estimate of drug-likeness (QED) is 0.588. The van der Waals surface area contributed by atoms with E-state index in [-0.39, 0.29) is 22.1 Å². The third-order valence-electron chi connectivity index (χ3n) is 5.65. The van der Waals surface area contributed by atoms with Crippen molar-refractivity contribution in [2.24, 2.45) is 0 Å². The summed E-state index contributed by atoms with van der Waals surface area (Å²) < 4.78 is 37.9. The molecule has 9 heteroatoms. The minimum atomic E-state index is -3.60. The molecule has 2 heterocycles. The predicted octanol–water partition coefficient (Wildman–Crippen LogP) is 3.62. The van der Waals surface area contributed by atoms with Crippen LogP contribution >= 0.6 is 0 Å². The van der Waals surface area contributed by atoms with Gasteiger partial charge in [-0.15, -0.1) is 0 Å². The number of fused-ring (bicyclic) bond motifs is 1. The van der Waals surface area contributed by atoms with E-state index >= 15 is 0 Å². The maximum absolute atomic E-state index is 12.9. The highest BCUT2D eigenvalue weighted by atomic mass is 32.2. The minimum Gasteiger partial charge on any atom is -0.493 e. The Labute approximate surface area is 185 Å². The van der Waals surface area contributed by atoms with E-state index in [1.54, 1.807) is 18.2 Å². The molecule has 0 saturated carbocycles. The number of hydrogen-bond acceptors (Lipinski definition) is 6. The summed E-state index contributed by atoms with van der Waals surface area (Å²) >= 11 is 0. The summed E-state index contributed by atoms with van der Waals surface area (Å²) in [7, 11) is -2.14. The number of methoxy groups -OCH3 is 1. The highest BCUT2D eigenvalue weighted by Crippen LogP contribution is 2.27. The van der Waals surface area contributed by atoms with Crippen LogP contribution < -0.4 is 15.7 Å². The van der Waals surface area contributed by atoms with Gasteiger partial charge in [-0.3, -0.25) is 4.79 Å². The van der Waals surface area contributed by atoms with Crippen LogP contribution in [-0.2, 0) is 10.0 Å². The van der Waals surface area contributed by atoms with E-state index < -0.39 is 21.6 Å². The van der Waals surface area contributed by atoms with Crippen molar-refractivity contribution in [3.8, 4) is 5.75 Å². The van der Waals surface area contributed by atoms with Gasteiger partial charge in [0, 0.05) is 23.7 Å². The molecule has 1 fully saturated rings. The molecule has 0 unspecified atom stereocenters. The van der Waals surface area contributed by atoms with Crippen molar-refractivity contribution in [3.05, 3.63) is 64.5 Å². The Morgan fingerprint density at radius 1 is 1.16 bits per heavy atom. The van der Waals surface area contributed by atoms with Crippen molar-refractivity contribution in [2.45, 2.75) is 37.1 Å². The smallest absolute Gasteiger partial charge is 0.349 e. The third kappa shape index (κ3) is 4.13. The van der Waals surface area contributed by atoms with E-state index in [4.69, 9.17) is 9.15 Å². The van der Waals surface area contributed by atoms with Crippen LogP contribution in [-0.4, -0.2) is 38.3 Å². The molecule has 0 aliphatic carbocycles. The molecular weight excluding hydrogens is 432 g/mol. The number of para-hydroxylation sites is 1. The Balaban J connectivity index is 1.56. The van der Waals surface area contributed by atoms with E-state index in [0.717, 1.165) is 19.3 Å². The number of ether oxygens (including phenoxy) is 1. The molecule has 1 saturated heterocycles. The standard InChI is InChI=1S/C23H24N2O6S/c1-15-6-3-4-13-25(15)32(28,29)18-11-9-17(10-12-18)24-22(26)19-14-16-7-5-8-20(30-2)21(16)31-23(19)27/h5,7-12,14-15H,3-4,6,13H2,1-2H3,(H,24,26)/t15-/m0/s1. The fraction of sp³-hybridized carbons (Fsp3) is 0.304. The van der Waals surface area contributed by atoms with E-state index in [2.05, 4.69) is 5.32 Å². The van der Waals surface area contributed by atoms with Gasteiger partial charge in [0.25, 0.3) is 5.91 Å². The molecule has 32 heavy (non-hydrogen) atoms. The summed E-state index contributed by atoms with van der Waals surface area (Å²) in [6.45, 7) is 2.42. The number of piperidine rings is 1. The van der Waals surface area contributed by atoms with E-state index in [0.29, 0.717) is 23.4 Å².